The third-order valence-electron chi connectivity index (χ3n) is 5.43. The summed E-state index contributed by atoms with van der Waals surface area (Å²) in [7, 11) is 1.91. The third kappa shape index (κ3) is 2.94. The largest absolute Gasteiger partial charge is 0.338 e. The van der Waals surface area contributed by atoms with E-state index >= 15 is 0 Å². The number of thioether (sulfide) groups is 1. The van der Waals surface area contributed by atoms with E-state index in [4.69, 9.17) is 0 Å². The standard InChI is InChI=1S/C21H20N6S/c1-27-12-14(10-25-27)13-7-16-19-18(26-21(16)24-9-13)11-23-17(8-22)20(19)28-15-5-3-2-4-6-15/h7,9-12,15H,2-6H2,1H3,(H,24,26). The van der Waals surface area contributed by atoms with Crippen LogP contribution >= 0.6 is 11.8 Å². The monoisotopic (exact) mass is 388 g/mol. The van der Waals surface area contributed by atoms with E-state index in [1.807, 2.05) is 37.4 Å². The summed E-state index contributed by atoms with van der Waals surface area (Å²) in [5.74, 6) is 0. The molecule has 0 atom stereocenters. The molecule has 0 aliphatic heterocycles. The van der Waals surface area contributed by atoms with Crippen LogP contribution in [0.5, 0.6) is 0 Å². The Morgan fingerprint density at radius 2 is 2.00 bits per heavy atom. The number of fused-ring (bicyclic) bond motifs is 3. The number of hydrogen-bond acceptors (Lipinski definition) is 5. The molecular formula is C21H20N6S. The van der Waals surface area contributed by atoms with Crippen LogP contribution in [0.3, 0.4) is 0 Å². The molecule has 0 unspecified atom stereocenters. The molecule has 5 rings (SSSR count). The maximum Gasteiger partial charge on any atom is 0.154 e. The fourth-order valence-corrected chi connectivity index (χ4v) is 5.46. The van der Waals surface area contributed by atoms with Gasteiger partial charge in [0.05, 0.1) is 22.8 Å². The maximum atomic E-state index is 9.69. The van der Waals surface area contributed by atoms with Crippen molar-refractivity contribution in [3.63, 3.8) is 0 Å². The molecule has 1 aliphatic rings. The molecule has 1 aliphatic carbocycles. The number of nitrogens with zero attached hydrogens (tertiary/aromatic N) is 5. The Balaban J connectivity index is 1.70. The van der Waals surface area contributed by atoms with Gasteiger partial charge >= 0.3 is 0 Å². The highest BCUT2D eigenvalue weighted by Crippen LogP contribution is 2.41. The van der Waals surface area contributed by atoms with Crippen LogP contribution < -0.4 is 0 Å². The van der Waals surface area contributed by atoms with Crippen LogP contribution in [0.15, 0.2) is 35.7 Å². The SMILES string of the molecule is Cn1cc(-c2cnc3[nH]c4cnc(C#N)c(SC5CCCCC5)c4c3c2)cn1. The van der Waals surface area contributed by atoms with E-state index < -0.39 is 0 Å². The smallest absolute Gasteiger partial charge is 0.154 e. The van der Waals surface area contributed by atoms with Gasteiger partial charge in [0.2, 0.25) is 0 Å². The van der Waals surface area contributed by atoms with Gasteiger partial charge in [-0.1, -0.05) is 19.3 Å². The average molecular weight is 389 g/mol. The predicted octanol–water partition coefficient (Wildman–Crippen LogP) is 4.81. The van der Waals surface area contributed by atoms with Crippen LogP contribution in [0, 0.1) is 11.3 Å². The summed E-state index contributed by atoms with van der Waals surface area (Å²) < 4.78 is 1.79. The lowest BCUT2D eigenvalue weighted by Crippen LogP contribution is -2.08. The van der Waals surface area contributed by atoms with Crippen LogP contribution in [0.1, 0.15) is 37.8 Å². The molecule has 0 radical (unpaired) electrons. The predicted molar refractivity (Wildman–Crippen MR) is 111 cm³/mol. The number of pyridine rings is 2. The molecule has 140 valence electrons. The fourth-order valence-electron chi connectivity index (χ4n) is 4.01. The number of H-pyrrole nitrogens is 1. The summed E-state index contributed by atoms with van der Waals surface area (Å²) in [4.78, 5) is 13.4. The number of aromatic nitrogens is 5. The lowest BCUT2D eigenvalue weighted by Gasteiger charge is -2.21. The van der Waals surface area contributed by atoms with Gasteiger partial charge in [0.15, 0.2) is 5.69 Å². The molecule has 0 amide bonds. The van der Waals surface area contributed by atoms with Crippen molar-refractivity contribution in [3.05, 3.63) is 36.5 Å². The van der Waals surface area contributed by atoms with Gasteiger partial charge in [0.25, 0.3) is 0 Å². The molecule has 7 heteroatoms. The number of nitrogens with one attached hydrogen (secondary N) is 1. The van der Waals surface area contributed by atoms with Gasteiger partial charge < -0.3 is 4.98 Å². The molecule has 0 spiro atoms. The van der Waals surface area contributed by atoms with Crippen molar-refractivity contribution >= 4 is 33.7 Å². The van der Waals surface area contributed by atoms with E-state index in [2.05, 4.69) is 32.2 Å². The molecule has 4 heterocycles. The molecule has 4 aromatic heterocycles. The van der Waals surface area contributed by atoms with Crippen LogP contribution in [0.2, 0.25) is 0 Å². The molecule has 1 saturated carbocycles. The lowest BCUT2D eigenvalue weighted by molar-refractivity contribution is 0.516. The molecular weight excluding hydrogens is 368 g/mol. The van der Waals surface area contributed by atoms with Gasteiger partial charge in [-0.3, -0.25) is 4.68 Å². The van der Waals surface area contributed by atoms with Gasteiger partial charge in [0.1, 0.15) is 11.7 Å². The zero-order valence-corrected chi connectivity index (χ0v) is 16.5. The second-order valence-corrected chi connectivity index (χ2v) is 8.67. The molecule has 28 heavy (non-hydrogen) atoms. The topological polar surface area (TPSA) is 83.2 Å². The molecule has 4 aromatic rings. The zero-order chi connectivity index (χ0) is 19.1. The van der Waals surface area contributed by atoms with Crippen LogP contribution in [-0.4, -0.2) is 30.0 Å². The van der Waals surface area contributed by atoms with Crippen LogP contribution in [0.25, 0.3) is 33.1 Å². The van der Waals surface area contributed by atoms with Crippen molar-refractivity contribution in [1.82, 2.24) is 24.7 Å². The molecule has 0 aromatic carbocycles. The summed E-state index contributed by atoms with van der Waals surface area (Å²) in [5.41, 5.74) is 4.32. The molecule has 6 nitrogen and oxygen atoms in total. The van der Waals surface area contributed by atoms with Crippen molar-refractivity contribution in [2.45, 2.75) is 42.2 Å². The van der Waals surface area contributed by atoms with Gasteiger partial charge in [-0.2, -0.15) is 10.4 Å². The minimum Gasteiger partial charge on any atom is -0.338 e. The highest BCUT2D eigenvalue weighted by atomic mass is 32.2. The second kappa shape index (κ2) is 6.95. The summed E-state index contributed by atoms with van der Waals surface area (Å²) >= 11 is 1.82. The Morgan fingerprint density at radius 3 is 2.75 bits per heavy atom. The number of hydrogen-bond donors (Lipinski definition) is 1. The van der Waals surface area contributed by atoms with Crippen molar-refractivity contribution in [2.24, 2.45) is 7.05 Å². The Labute approximate surface area is 167 Å². The first-order chi connectivity index (χ1) is 13.7. The summed E-state index contributed by atoms with van der Waals surface area (Å²) in [6.07, 6.45) is 13.7. The van der Waals surface area contributed by atoms with Gasteiger partial charge in [-0.15, -0.1) is 11.8 Å². The highest BCUT2D eigenvalue weighted by molar-refractivity contribution is 8.00. The Kier molecular flexibility index (Phi) is 4.29. The Morgan fingerprint density at radius 1 is 1.14 bits per heavy atom. The average Bonchev–Trinajstić information content (AvgIpc) is 3.32. The number of aryl methyl sites for hydroxylation is 1. The second-order valence-electron chi connectivity index (χ2n) is 7.36. The minimum absolute atomic E-state index is 0.510. The fraction of sp³-hybridized carbons (Fsp3) is 0.333. The van der Waals surface area contributed by atoms with Gasteiger partial charge in [-0.25, -0.2) is 9.97 Å². The molecule has 0 bridgehead atoms. The third-order valence-corrected chi connectivity index (χ3v) is 6.86. The summed E-state index contributed by atoms with van der Waals surface area (Å²) in [5, 5.41) is 16.6. The Bertz CT molecular complexity index is 1210. The number of aromatic amines is 1. The van der Waals surface area contributed by atoms with Gasteiger partial charge in [-0.05, 0) is 18.9 Å². The van der Waals surface area contributed by atoms with E-state index in [9.17, 15) is 5.26 Å². The van der Waals surface area contributed by atoms with E-state index in [-0.39, 0.29) is 0 Å². The van der Waals surface area contributed by atoms with Crippen molar-refractivity contribution in [1.29, 1.82) is 5.26 Å². The number of rotatable bonds is 3. The van der Waals surface area contributed by atoms with Gasteiger partial charge in [0, 0.05) is 46.6 Å². The molecule has 1 N–H and O–H groups in total. The van der Waals surface area contributed by atoms with E-state index in [0.717, 1.165) is 38.0 Å². The first kappa shape index (κ1) is 17.3. The first-order valence-electron chi connectivity index (χ1n) is 9.59. The van der Waals surface area contributed by atoms with E-state index in [0.29, 0.717) is 10.9 Å². The molecule has 1 fully saturated rings. The first-order valence-corrected chi connectivity index (χ1v) is 10.5. The highest BCUT2D eigenvalue weighted by Gasteiger charge is 2.21. The Hall–Kier alpha value is -2.85. The van der Waals surface area contributed by atoms with Crippen molar-refractivity contribution < 1.29 is 0 Å². The van der Waals surface area contributed by atoms with Crippen LogP contribution in [0.4, 0.5) is 0 Å². The summed E-state index contributed by atoms with van der Waals surface area (Å²) in [6, 6.07) is 4.44. The zero-order valence-electron chi connectivity index (χ0n) is 15.6. The number of nitriles is 1. The lowest BCUT2D eigenvalue weighted by atomic mass is 10.0. The molecule has 0 saturated heterocycles. The maximum absolute atomic E-state index is 9.69. The normalized spacial score (nSPS) is 15.3. The van der Waals surface area contributed by atoms with Crippen LogP contribution in [-0.2, 0) is 7.05 Å². The van der Waals surface area contributed by atoms with E-state index in [1.54, 1.807) is 10.9 Å². The summed E-state index contributed by atoms with van der Waals surface area (Å²) in [6.45, 7) is 0. The minimum atomic E-state index is 0.510. The van der Waals surface area contributed by atoms with Crippen molar-refractivity contribution in [2.75, 3.05) is 0 Å². The van der Waals surface area contributed by atoms with E-state index in [1.165, 1.54) is 32.1 Å². The quantitative estimate of drug-likeness (QED) is 0.545. The van der Waals surface area contributed by atoms with Crippen molar-refractivity contribution in [3.8, 4) is 17.2 Å².